The van der Waals surface area contributed by atoms with Gasteiger partial charge in [0, 0.05) is 10.6 Å². The maximum absolute atomic E-state index is 12.0. The Hall–Kier alpha value is -2.02. The molecule has 0 spiro atoms. The van der Waals surface area contributed by atoms with Crippen molar-refractivity contribution in [2.75, 3.05) is 11.1 Å². The van der Waals surface area contributed by atoms with Gasteiger partial charge >= 0.3 is 0 Å². The van der Waals surface area contributed by atoms with E-state index in [1.807, 2.05) is 31.2 Å². The van der Waals surface area contributed by atoms with Crippen LogP contribution in [-0.4, -0.2) is 21.8 Å². The largest absolute Gasteiger partial charge is 0.327 e. The van der Waals surface area contributed by atoms with E-state index >= 15 is 0 Å². The van der Waals surface area contributed by atoms with E-state index in [-0.39, 0.29) is 11.7 Å². The number of rotatable bonds is 5. The highest BCUT2D eigenvalue weighted by Crippen LogP contribution is 2.26. The molecule has 0 bridgehead atoms. The third kappa shape index (κ3) is 4.75. The fraction of sp³-hybridized carbons (Fsp3) is 0.118. The van der Waals surface area contributed by atoms with E-state index in [1.165, 1.54) is 0 Å². The molecule has 0 fully saturated rings. The maximum Gasteiger partial charge on any atom is 0.286 e. The third-order valence-electron chi connectivity index (χ3n) is 3.25. The van der Waals surface area contributed by atoms with Gasteiger partial charge in [-0.1, -0.05) is 69.9 Å². The Balaban J connectivity index is 1.58. The molecule has 0 saturated carbocycles. The first-order valence-corrected chi connectivity index (χ1v) is 9.04. The Labute approximate surface area is 158 Å². The lowest BCUT2D eigenvalue weighted by atomic mass is 10.1. The summed E-state index contributed by atoms with van der Waals surface area (Å²) in [6, 6.07) is 12.7. The highest BCUT2D eigenvalue weighted by molar-refractivity contribution is 7.99. The number of nitrogens with zero attached hydrogens (tertiary/aromatic N) is 2. The molecule has 3 aromatic rings. The SMILES string of the molecule is Cc1ccc(-c2noc(SCC(=O)Nc3ccc(Cl)cc3Cl)n2)cc1. The second-order valence-corrected chi connectivity index (χ2v) is 6.98. The van der Waals surface area contributed by atoms with Crippen molar-refractivity contribution in [3.8, 4) is 11.4 Å². The predicted octanol–water partition coefficient (Wildman–Crippen LogP) is 5.08. The molecule has 25 heavy (non-hydrogen) atoms. The molecule has 1 aromatic heterocycles. The van der Waals surface area contributed by atoms with Gasteiger partial charge in [-0.2, -0.15) is 4.98 Å². The van der Waals surface area contributed by atoms with Crippen LogP contribution in [-0.2, 0) is 4.79 Å². The highest BCUT2D eigenvalue weighted by atomic mass is 35.5. The molecule has 3 rings (SSSR count). The van der Waals surface area contributed by atoms with Crippen LogP contribution in [0.2, 0.25) is 10.0 Å². The zero-order valence-electron chi connectivity index (χ0n) is 13.1. The Morgan fingerprint density at radius 2 is 1.96 bits per heavy atom. The van der Waals surface area contributed by atoms with Crippen LogP contribution in [0.15, 0.2) is 52.2 Å². The van der Waals surface area contributed by atoms with Crippen molar-refractivity contribution in [2.45, 2.75) is 12.1 Å². The molecule has 0 aliphatic rings. The van der Waals surface area contributed by atoms with E-state index < -0.39 is 0 Å². The molecule has 1 N–H and O–H groups in total. The number of thioether (sulfide) groups is 1. The van der Waals surface area contributed by atoms with Crippen molar-refractivity contribution in [3.63, 3.8) is 0 Å². The summed E-state index contributed by atoms with van der Waals surface area (Å²) in [5.41, 5.74) is 2.51. The summed E-state index contributed by atoms with van der Waals surface area (Å²) < 4.78 is 5.17. The van der Waals surface area contributed by atoms with Gasteiger partial charge in [0.05, 0.1) is 16.5 Å². The van der Waals surface area contributed by atoms with Gasteiger partial charge in [-0.25, -0.2) is 0 Å². The number of carbonyl (C=O) groups is 1. The first-order chi connectivity index (χ1) is 12.0. The average Bonchev–Trinajstić information content (AvgIpc) is 3.05. The molecule has 8 heteroatoms. The maximum atomic E-state index is 12.0. The molecule has 0 aliphatic heterocycles. The van der Waals surface area contributed by atoms with E-state index in [9.17, 15) is 4.79 Å². The fourth-order valence-corrected chi connectivity index (χ4v) is 3.02. The summed E-state index contributed by atoms with van der Waals surface area (Å²) in [5, 5.41) is 7.85. The molecule has 128 valence electrons. The normalized spacial score (nSPS) is 10.7. The lowest BCUT2D eigenvalue weighted by Crippen LogP contribution is -2.14. The van der Waals surface area contributed by atoms with E-state index in [2.05, 4.69) is 15.5 Å². The number of aryl methyl sites for hydroxylation is 1. The Morgan fingerprint density at radius 1 is 1.20 bits per heavy atom. The van der Waals surface area contributed by atoms with Gasteiger partial charge in [-0.15, -0.1) is 0 Å². The second kappa shape index (κ2) is 7.91. The molecule has 5 nitrogen and oxygen atoms in total. The number of halogens is 2. The topological polar surface area (TPSA) is 68.0 Å². The molecule has 0 saturated heterocycles. The zero-order chi connectivity index (χ0) is 17.8. The van der Waals surface area contributed by atoms with Crippen molar-refractivity contribution in [3.05, 3.63) is 58.1 Å². The van der Waals surface area contributed by atoms with Gasteiger partial charge < -0.3 is 9.84 Å². The van der Waals surface area contributed by atoms with Crippen molar-refractivity contribution in [1.29, 1.82) is 0 Å². The van der Waals surface area contributed by atoms with Gasteiger partial charge in [0.1, 0.15) is 0 Å². The lowest BCUT2D eigenvalue weighted by molar-refractivity contribution is -0.113. The molecule has 0 atom stereocenters. The standard InChI is InChI=1S/C17H13Cl2N3O2S/c1-10-2-4-11(5-3-10)16-21-17(24-22-16)25-9-15(23)20-14-7-6-12(18)8-13(14)19/h2-8H,9H2,1H3,(H,20,23). The molecule has 1 amide bonds. The van der Waals surface area contributed by atoms with Crippen molar-refractivity contribution >= 4 is 46.6 Å². The Morgan fingerprint density at radius 3 is 2.68 bits per heavy atom. The summed E-state index contributed by atoms with van der Waals surface area (Å²) in [6.45, 7) is 2.01. The Kier molecular flexibility index (Phi) is 5.63. The van der Waals surface area contributed by atoms with Crippen LogP contribution in [0, 0.1) is 6.92 Å². The molecule has 0 unspecified atom stereocenters. The van der Waals surface area contributed by atoms with Crippen LogP contribution in [0.1, 0.15) is 5.56 Å². The molecular formula is C17H13Cl2N3O2S. The van der Waals surface area contributed by atoms with E-state index in [4.69, 9.17) is 27.7 Å². The monoisotopic (exact) mass is 393 g/mol. The second-order valence-electron chi connectivity index (χ2n) is 5.21. The van der Waals surface area contributed by atoms with Gasteiger partial charge in [-0.3, -0.25) is 4.79 Å². The minimum atomic E-state index is -0.232. The van der Waals surface area contributed by atoms with Crippen LogP contribution in [0.4, 0.5) is 5.69 Å². The number of benzene rings is 2. The summed E-state index contributed by atoms with van der Waals surface area (Å²) in [7, 11) is 0. The number of amides is 1. The van der Waals surface area contributed by atoms with Crippen LogP contribution in [0.5, 0.6) is 0 Å². The molecule has 1 heterocycles. The minimum Gasteiger partial charge on any atom is -0.327 e. The quantitative estimate of drug-likeness (QED) is 0.611. The van der Waals surface area contributed by atoms with Crippen LogP contribution in [0.3, 0.4) is 0 Å². The third-order valence-corrected chi connectivity index (χ3v) is 4.62. The van der Waals surface area contributed by atoms with Gasteiger partial charge in [-0.05, 0) is 25.1 Å². The molecule has 0 aliphatic carbocycles. The van der Waals surface area contributed by atoms with Crippen LogP contribution >= 0.6 is 35.0 Å². The number of carbonyl (C=O) groups excluding carboxylic acids is 1. The van der Waals surface area contributed by atoms with Crippen LogP contribution < -0.4 is 5.32 Å². The van der Waals surface area contributed by atoms with E-state index in [0.29, 0.717) is 26.8 Å². The van der Waals surface area contributed by atoms with E-state index in [1.54, 1.807) is 18.2 Å². The van der Waals surface area contributed by atoms with Gasteiger partial charge in [0.25, 0.3) is 5.22 Å². The number of aromatic nitrogens is 2. The smallest absolute Gasteiger partial charge is 0.286 e. The first kappa shape index (κ1) is 17.8. The zero-order valence-corrected chi connectivity index (χ0v) is 15.5. The first-order valence-electron chi connectivity index (χ1n) is 7.30. The predicted molar refractivity (Wildman–Crippen MR) is 100 cm³/mol. The number of nitrogens with one attached hydrogen (secondary N) is 1. The van der Waals surface area contributed by atoms with Crippen molar-refractivity contribution < 1.29 is 9.32 Å². The summed E-state index contributed by atoms with van der Waals surface area (Å²) in [6.07, 6.45) is 0. The number of anilines is 1. The van der Waals surface area contributed by atoms with Gasteiger partial charge in [0.15, 0.2) is 0 Å². The minimum absolute atomic E-state index is 0.120. The average molecular weight is 394 g/mol. The summed E-state index contributed by atoms with van der Waals surface area (Å²) >= 11 is 13.0. The molecular weight excluding hydrogens is 381 g/mol. The Bertz CT molecular complexity index is 897. The number of hydrogen-bond acceptors (Lipinski definition) is 5. The van der Waals surface area contributed by atoms with Crippen LogP contribution in [0.25, 0.3) is 11.4 Å². The fourth-order valence-electron chi connectivity index (χ4n) is 1.99. The number of hydrogen-bond donors (Lipinski definition) is 1. The van der Waals surface area contributed by atoms with Crippen molar-refractivity contribution in [1.82, 2.24) is 10.1 Å². The van der Waals surface area contributed by atoms with Crippen molar-refractivity contribution in [2.24, 2.45) is 0 Å². The van der Waals surface area contributed by atoms with Gasteiger partial charge in [0.2, 0.25) is 11.7 Å². The molecule has 0 radical (unpaired) electrons. The molecule has 2 aromatic carbocycles. The summed E-state index contributed by atoms with van der Waals surface area (Å²) in [4.78, 5) is 16.3. The lowest BCUT2D eigenvalue weighted by Gasteiger charge is -2.06. The summed E-state index contributed by atoms with van der Waals surface area (Å²) in [5.74, 6) is 0.377. The highest BCUT2D eigenvalue weighted by Gasteiger charge is 2.12. The van der Waals surface area contributed by atoms with E-state index in [0.717, 1.165) is 22.9 Å².